The van der Waals surface area contributed by atoms with Gasteiger partial charge in [-0.05, 0) is 0 Å². The number of halogens is 2. The molecule has 0 aliphatic heterocycles. The second-order valence-electron chi connectivity index (χ2n) is 0. The Morgan fingerprint density at radius 3 is 0.500 bits per heavy atom. The van der Waals surface area contributed by atoms with Crippen LogP contribution in [0.2, 0.25) is 0 Å². The molecule has 0 aliphatic carbocycles. The fourth-order valence-electron chi connectivity index (χ4n) is 0. The average Bonchev–Trinajstić information content (AvgIpc) is 0. The predicted molar refractivity (Wildman–Crippen MR) is 31.6 cm³/mol. The molecule has 0 aliphatic rings. The maximum atomic E-state index is 0. The molecule has 0 nitrogen and oxygen atoms in total. The first-order chi connectivity index (χ1) is 0. The van der Waals surface area contributed by atoms with Gasteiger partial charge in [0, 0.05) is 0 Å². The van der Waals surface area contributed by atoms with Crippen molar-refractivity contribution in [3.8, 4) is 0 Å². The van der Waals surface area contributed by atoms with E-state index in [1.165, 1.54) is 0 Å². The zero-order valence-corrected chi connectivity index (χ0v) is 2.45. The van der Waals surface area contributed by atoms with E-state index in [1.54, 1.807) is 0 Å². The molecule has 0 atom stereocenters. The summed E-state index contributed by atoms with van der Waals surface area (Å²) in [7, 11) is 0. The van der Waals surface area contributed by atoms with Crippen LogP contribution in [0.1, 0.15) is 0 Å². The Morgan fingerprint density at radius 2 is 0.500 bits per heavy atom. The molecule has 4 heteroatoms. The van der Waals surface area contributed by atoms with Crippen molar-refractivity contribution >= 4 is 100 Å². The van der Waals surface area contributed by atoms with Crippen LogP contribution in [0.15, 0.2) is 0 Å². The van der Waals surface area contributed by atoms with Crippen molar-refractivity contribution in [1.82, 2.24) is 0 Å². The zero-order chi connectivity index (χ0) is 0. The van der Waals surface area contributed by atoms with E-state index >= 15 is 0 Å². The van der Waals surface area contributed by atoms with Crippen LogP contribution in [0.3, 0.4) is 0 Å². The molecule has 24 valence electrons. The molecule has 0 saturated carbocycles. The molecule has 0 radical (unpaired) electrons. The topological polar surface area (TPSA) is 0 Å². The van der Waals surface area contributed by atoms with E-state index in [0.717, 1.165) is 0 Å². The first kappa shape index (κ1) is 27.5. The fourth-order valence-corrected chi connectivity index (χ4v) is 0. The quantitative estimate of drug-likeness (QED) is 0.396. The minimum atomic E-state index is 0. The van der Waals surface area contributed by atoms with E-state index in [4.69, 9.17) is 0 Å². The van der Waals surface area contributed by atoms with E-state index in [9.17, 15) is 0 Å². The van der Waals surface area contributed by atoms with E-state index in [2.05, 4.69) is 0 Å². The van der Waals surface area contributed by atoms with Gasteiger partial charge in [-0.25, -0.2) is 0 Å². The molecule has 0 spiro atoms. The Hall–Kier alpha value is 3.10. The second-order valence-corrected chi connectivity index (χ2v) is 0. The van der Waals surface area contributed by atoms with Crippen molar-refractivity contribution < 1.29 is 0 Å². The van der Waals surface area contributed by atoms with Gasteiger partial charge in [0.1, 0.15) is 0 Å². The summed E-state index contributed by atoms with van der Waals surface area (Å²) >= 11 is 0. The predicted octanol–water partition coefficient (Wildman–Crippen LogP) is -0.989. The third-order valence-corrected chi connectivity index (χ3v) is 0. The second kappa shape index (κ2) is 16.5. The van der Waals surface area contributed by atoms with Gasteiger partial charge in [-0.3, -0.25) is 0 Å². The molecular formula is H6Ca2Cl2. The first-order valence-electron chi connectivity index (χ1n) is 0. The molecule has 0 amide bonds. The van der Waals surface area contributed by atoms with Crippen molar-refractivity contribution in [3.63, 3.8) is 0 Å². The molecular weight excluding hydrogens is 151 g/mol. The normalized spacial score (nSPS) is 0. The minimum absolute atomic E-state index is 0. The standard InChI is InChI=1S/2Ca.2ClH.4H/h;;2*1H;;;;. The van der Waals surface area contributed by atoms with Crippen LogP contribution in [0.5, 0.6) is 0 Å². The molecule has 0 saturated heterocycles. The van der Waals surface area contributed by atoms with Crippen molar-refractivity contribution in [1.29, 1.82) is 0 Å². The Morgan fingerprint density at radius 1 is 0.500 bits per heavy atom. The SMILES string of the molecule is Cl.Cl.[CaH2].[CaH2]. The molecule has 0 bridgehead atoms. The fraction of sp³-hybridized carbons (Fsp3) is 0. The van der Waals surface area contributed by atoms with Crippen LogP contribution < -0.4 is 0 Å². The van der Waals surface area contributed by atoms with Gasteiger partial charge in [0.25, 0.3) is 0 Å². The van der Waals surface area contributed by atoms with Crippen molar-refractivity contribution in [2.24, 2.45) is 0 Å². The van der Waals surface area contributed by atoms with E-state index < -0.39 is 0 Å². The summed E-state index contributed by atoms with van der Waals surface area (Å²) in [5.41, 5.74) is 0. The van der Waals surface area contributed by atoms with Crippen molar-refractivity contribution in [2.45, 2.75) is 0 Å². The Bertz CT molecular complexity index is 4.00. The molecule has 0 aromatic carbocycles. The van der Waals surface area contributed by atoms with Gasteiger partial charge in [0.2, 0.25) is 0 Å². The summed E-state index contributed by atoms with van der Waals surface area (Å²) < 4.78 is 0. The van der Waals surface area contributed by atoms with Crippen LogP contribution in [-0.2, 0) is 0 Å². The zero-order valence-electron chi connectivity index (χ0n) is 0.816. The Labute approximate surface area is 97.9 Å². The van der Waals surface area contributed by atoms with Gasteiger partial charge in [-0.2, -0.15) is 0 Å². The molecule has 0 fully saturated rings. The molecule has 0 aromatic rings. The Kier molecular flexibility index (Phi) is 113. The summed E-state index contributed by atoms with van der Waals surface area (Å²) in [6.45, 7) is 0. The molecule has 0 heterocycles. The van der Waals surface area contributed by atoms with Gasteiger partial charge in [-0.1, -0.05) is 0 Å². The molecule has 0 N–H and O–H groups in total. The van der Waals surface area contributed by atoms with Gasteiger partial charge >= 0.3 is 75.5 Å². The van der Waals surface area contributed by atoms with E-state index in [-0.39, 0.29) is 100 Å². The molecule has 0 aromatic heterocycles. The number of hydrogen-bond donors (Lipinski definition) is 0. The summed E-state index contributed by atoms with van der Waals surface area (Å²) in [5.74, 6) is 0. The van der Waals surface area contributed by atoms with Crippen LogP contribution in [0.25, 0.3) is 0 Å². The third-order valence-electron chi connectivity index (χ3n) is 0. The summed E-state index contributed by atoms with van der Waals surface area (Å²) in [4.78, 5) is 0. The monoisotopic (exact) mass is 156 g/mol. The van der Waals surface area contributed by atoms with Crippen LogP contribution >= 0.6 is 24.8 Å². The summed E-state index contributed by atoms with van der Waals surface area (Å²) in [6.07, 6.45) is 0. The van der Waals surface area contributed by atoms with Gasteiger partial charge < -0.3 is 0 Å². The van der Waals surface area contributed by atoms with Gasteiger partial charge in [-0.15, -0.1) is 24.8 Å². The van der Waals surface area contributed by atoms with Gasteiger partial charge in [0.05, 0.1) is 0 Å². The van der Waals surface area contributed by atoms with E-state index in [0.29, 0.717) is 0 Å². The summed E-state index contributed by atoms with van der Waals surface area (Å²) in [5, 5.41) is 0. The van der Waals surface area contributed by atoms with Crippen molar-refractivity contribution in [2.75, 3.05) is 0 Å². The van der Waals surface area contributed by atoms with Gasteiger partial charge in [0.15, 0.2) is 0 Å². The molecule has 4 heavy (non-hydrogen) atoms. The number of hydrogen-bond acceptors (Lipinski definition) is 0. The molecule has 0 rings (SSSR count). The van der Waals surface area contributed by atoms with Crippen molar-refractivity contribution in [3.05, 3.63) is 0 Å². The van der Waals surface area contributed by atoms with E-state index in [1.807, 2.05) is 0 Å². The average molecular weight is 157 g/mol. The van der Waals surface area contributed by atoms with Crippen LogP contribution in [0.4, 0.5) is 0 Å². The Balaban J connectivity index is 0. The first-order valence-corrected chi connectivity index (χ1v) is 0. The number of rotatable bonds is 0. The summed E-state index contributed by atoms with van der Waals surface area (Å²) in [6, 6.07) is 0. The molecule has 0 unspecified atom stereocenters. The van der Waals surface area contributed by atoms with Crippen LogP contribution in [0, 0.1) is 0 Å². The maximum absolute atomic E-state index is 0. The van der Waals surface area contributed by atoms with Crippen LogP contribution in [-0.4, -0.2) is 75.5 Å². The third kappa shape index (κ3) is 8.92.